The third-order valence-corrected chi connectivity index (χ3v) is 2.73. The molecule has 1 rings (SSSR count). The van der Waals surface area contributed by atoms with E-state index in [1.165, 1.54) is 5.69 Å². The molecule has 0 aliphatic heterocycles. The number of nitrogens with one attached hydrogen (secondary N) is 1. The van der Waals surface area contributed by atoms with Gasteiger partial charge in [-0.2, -0.15) is 0 Å². The number of rotatable bonds is 3. The Kier molecular flexibility index (Phi) is 3.66. The number of aromatic nitrogens is 2. The first kappa shape index (κ1) is 13.1. The molecule has 92 valence electrons. The molecular formula is C13H24N2O. The molecule has 0 bridgehead atoms. The summed E-state index contributed by atoms with van der Waals surface area (Å²) in [7, 11) is 0. The summed E-state index contributed by atoms with van der Waals surface area (Å²) in [6.45, 7) is 12.8. The molecule has 1 aromatic heterocycles. The van der Waals surface area contributed by atoms with Gasteiger partial charge in [0.05, 0.1) is 5.54 Å². The first-order valence-electron chi connectivity index (χ1n) is 6.10. The van der Waals surface area contributed by atoms with E-state index in [-0.39, 0.29) is 11.1 Å². The summed E-state index contributed by atoms with van der Waals surface area (Å²) in [5, 5.41) is 2.97. The van der Waals surface area contributed by atoms with Crippen molar-refractivity contribution in [2.75, 3.05) is 0 Å². The van der Waals surface area contributed by atoms with Gasteiger partial charge in [0.15, 0.2) is 0 Å². The highest BCUT2D eigenvalue weighted by Gasteiger charge is 2.22. The predicted molar refractivity (Wildman–Crippen MR) is 68.0 cm³/mol. The molecule has 1 N–H and O–H groups in total. The molecule has 0 saturated heterocycles. The highest BCUT2D eigenvalue weighted by Crippen LogP contribution is 2.19. The van der Waals surface area contributed by atoms with E-state index >= 15 is 0 Å². The average molecular weight is 224 g/mol. The lowest BCUT2D eigenvalue weighted by Gasteiger charge is -2.24. The van der Waals surface area contributed by atoms with Crippen molar-refractivity contribution >= 4 is 0 Å². The van der Waals surface area contributed by atoms with Crippen LogP contribution in [0.15, 0.2) is 4.79 Å². The Morgan fingerprint density at radius 2 is 1.88 bits per heavy atom. The summed E-state index contributed by atoms with van der Waals surface area (Å²) in [6, 6.07) is 0. The number of hydrogen-bond acceptors (Lipinski definition) is 1. The van der Waals surface area contributed by atoms with Crippen molar-refractivity contribution in [3.63, 3.8) is 0 Å². The van der Waals surface area contributed by atoms with Crippen molar-refractivity contribution in [3.05, 3.63) is 21.6 Å². The first-order valence-corrected chi connectivity index (χ1v) is 6.10. The van der Waals surface area contributed by atoms with Crippen LogP contribution in [0, 0.1) is 5.92 Å². The van der Waals surface area contributed by atoms with Gasteiger partial charge in [-0.05, 0) is 39.5 Å². The smallest absolute Gasteiger partial charge is 0.267 e. The second kappa shape index (κ2) is 4.48. The summed E-state index contributed by atoms with van der Waals surface area (Å²) in [5.74, 6) is 0.564. The molecule has 0 unspecified atom stereocenters. The maximum atomic E-state index is 11.8. The van der Waals surface area contributed by atoms with Gasteiger partial charge in [-0.15, -0.1) is 0 Å². The lowest BCUT2D eigenvalue weighted by molar-refractivity contribution is 0.336. The van der Waals surface area contributed by atoms with Crippen LogP contribution in [-0.2, 0) is 18.4 Å². The van der Waals surface area contributed by atoms with Gasteiger partial charge in [0.2, 0.25) is 0 Å². The quantitative estimate of drug-likeness (QED) is 0.842. The van der Waals surface area contributed by atoms with Crippen molar-refractivity contribution in [1.29, 1.82) is 0 Å². The highest BCUT2D eigenvalue weighted by atomic mass is 16.1. The Balaban J connectivity index is 3.33. The van der Waals surface area contributed by atoms with E-state index in [4.69, 9.17) is 0 Å². The van der Waals surface area contributed by atoms with Gasteiger partial charge in [-0.3, -0.25) is 14.6 Å². The number of nitrogens with zero attached hydrogens (tertiary/aromatic N) is 1. The second-order valence-corrected chi connectivity index (χ2v) is 5.82. The Hall–Kier alpha value is -0.990. The lowest BCUT2D eigenvalue weighted by Crippen LogP contribution is -2.27. The fourth-order valence-electron chi connectivity index (χ4n) is 2.04. The summed E-state index contributed by atoms with van der Waals surface area (Å²) in [6.07, 6.45) is 1.76. The van der Waals surface area contributed by atoms with Crippen molar-refractivity contribution in [3.8, 4) is 0 Å². The van der Waals surface area contributed by atoms with Crippen LogP contribution in [0.2, 0.25) is 0 Å². The summed E-state index contributed by atoms with van der Waals surface area (Å²) in [5.41, 5.74) is 2.14. The zero-order chi connectivity index (χ0) is 12.5. The SMILES string of the molecule is CCc1c(CC(C)C)n(C(C)(C)C)[nH]c1=O. The van der Waals surface area contributed by atoms with Crippen molar-refractivity contribution in [2.24, 2.45) is 5.92 Å². The van der Waals surface area contributed by atoms with Gasteiger partial charge in [0.1, 0.15) is 0 Å². The van der Waals surface area contributed by atoms with Crippen LogP contribution in [0.3, 0.4) is 0 Å². The van der Waals surface area contributed by atoms with Crippen LogP contribution in [0.1, 0.15) is 52.8 Å². The Morgan fingerprint density at radius 3 is 2.25 bits per heavy atom. The molecule has 0 aromatic carbocycles. The van der Waals surface area contributed by atoms with E-state index in [1.54, 1.807) is 0 Å². The van der Waals surface area contributed by atoms with Gasteiger partial charge in [0.25, 0.3) is 5.56 Å². The van der Waals surface area contributed by atoms with Crippen molar-refractivity contribution in [1.82, 2.24) is 9.78 Å². The normalized spacial score (nSPS) is 12.4. The largest absolute Gasteiger partial charge is 0.284 e. The van der Waals surface area contributed by atoms with Crippen LogP contribution in [0.5, 0.6) is 0 Å². The summed E-state index contributed by atoms with van der Waals surface area (Å²) >= 11 is 0. The molecule has 0 aliphatic rings. The zero-order valence-electron chi connectivity index (χ0n) is 11.3. The van der Waals surface area contributed by atoms with Gasteiger partial charge in [-0.1, -0.05) is 20.8 Å². The molecule has 0 saturated carbocycles. The molecular weight excluding hydrogens is 200 g/mol. The first-order chi connectivity index (χ1) is 7.27. The lowest BCUT2D eigenvalue weighted by atomic mass is 10.0. The summed E-state index contributed by atoms with van der Waals surface area (Å²) in [4.78, 5) is 11.8. The fourth-order valence-corrected chi connectivity index (χ4v) is 2.04. The minimum Gasteiger partial charge on any atom is -0.284 e. The number of aromatic amines is 1. The molecule has 1 aromatic rings. The second-order valence-electron chi connectivity index (χ2n) is 5.82. The minimum absolute atomic E-state index is 0.0587. The van der Waals surface area contributed by atoms with E-state index in [0.717, 1.165) is 18.4 Å². The van der Waals surface area contributed by atoms with Crippen LogP contribution < -0.4 is 5.56 Å². The van der Waals surface area contributed by atoms with Crippen molar-refractivity contribution in [2.45, 2.75) is 59.9 Å². The van der Waals surface area contributed by atoms with Crippen LogP contribution >= 0.6 is 0 Å². The number of H-pyrrole nitrogens is 1. The van der Waals surface area contributed by atoms with Gasteiger partial charge >= 0.3 is 0 Å². The van der Waals surface area contributed by atoms with Crippen LogP contribution in [-0.4, -0.2) is 9.78 Å². The molecule has 0 aliphatic carbocycles. The van der Waals surface area contributed by atoms with E-state index in [9.17, 15) is 4.79 Å². The Morgan fingerprint density at radius 1 is 1.31 bits per heavy atom. The maximum absolute atomic E-state index is 11.8. The molecule has 0 atom stereocenters. The standard InChI is InChI=1S/C13H24N2O/c1-7-10-11(8-9(2)3)15(13(4,5)6)14-12(10)16/h9H,7-8H2,1-6H3,(H,14,16). The molecule has 1 heterocycles. The monoisotopic (exact) mass is 224 g/mol. The van der Waals surface area contributed by atoms with Crippen LogP contribution in [0.4, 0.5) is 0 Å². The molecule has 0 spiro atoms. The maximum Gasteiger partial charge on any atom is 0.267 e. The van der Waals surface area contributed by atoms with Gasteiger partial charge in [0, 0.05) is 11.3 Å². The molecule has 3 heteroatoms. The van der Waals surface area contributed by atoms with Crippen LogP contribution in [0.25, 0.3) is 0 Å². The highest BCUT2D eigenvalue weighted by molar-refractivity contribution is 5.19. The molecule has 0 fully saturated rings. The molecule has 0 amide bonds. The van der Waals surface area contributed by atoms with E-state index in [2.05, 4.69) is 39.7 Å². The Labute approximate surface area is 97.8 Å². The van der Waals surface area contributed by atoms with E-state index in [1.807, 2.05) is 11.6 Å². The van der Waals surface area contributed by atoms with Crippen molar-refractivity contribution < 1.29 is 0 Å². The molecule has 16 heavy (non-hydrogen) atoms. The molecule has 3 nitrogen and oxygen atoms in total. The number of hydrogen-bond donors (Lipinski definition) is 1. The molecule has 0 radical (unpaired) electrons. The predicted octanol–water partition coefficient (Wildman–Crippen LogP) is 2.69. The topological polar surface area (TPSA) is 37.8 Å². The fraction of sp³-hybridized carbons (Fsp3) is 0.769. The average Bonchev–Trinajstić information content (AvgIpc) is 2.40. The Bertz CT molecular complexity index is 405. The van der Waals surface area contributed by atoms with E-state index < -0.39 is 0 Å². The van der Waals surface area contributed by atoms with Gasteiger partial charge in [-0.25, -0.2) is 0 Å². The summed E-state index contributed by atoms with van der Waals surface area (Å²) < 4.78 is 2.04. The third kappa shape index (κ3) is 2.57. The zero-order valence-corrected chi connectivity index (χ0v) is 11.3. The minimum atomic E-state index is -0.0587. The third-order valence-electron chi connectivity index (χ3n) is 2.73. The van der Waals surface area contributed by atoms with Gasteiger partial charge < -0.3 is 0 Å². The van der Waals surface area contributed by atoms with E-state index in [0.29, 0.717) is 5.92 Å².